The van der Waals surface area contributed by atoms with Crippen LogP contribution in [0.2, 0.25) is 0 Å². The van der Waals surface area contributed by atoms with Gasteiger partial charge in [0.15, 0.2) is 0 Å². The predicted molar refractivity (Wildman–Crippen MR) is 74.5 cm³/mol. The summed E-state index contributed by atoms with van der Waals surface area (Å²) in [6.07, 6.45) is 0.813. The van der Waals surface area contributed by atoms with Gasteiger partial charge in [0.25, 0.3) is 0 Å². The Bertz CT molecular complexity index is 485. The van der Waals surface area contributed by atoms with Crippen molar-refractivity contribution in [3.05, 3.63) is 17.5 Å². The number of aliphatic hydroxyl groups excluding tert-OH is 1. The Balaban J connectivity index is 2.12. The molecule has 1 amide bonds. The summed E-state index contributed by atoms with van der Waals surface area (Å²) >= 11 is 0. The number of rotatable bonds is 1. The number of aromatic nitrogens is 2. The molecule has 112 valence electrons. The van der Waals surface area contributed by atoms with Gasteiger partial charge in [-0.05, 0) is 33.3 Å². The molecule has 0 radical (unpaired) electrons. The lowest BCUT2D eigenvalue weighted by Gasteiger charge is -2.24. The standard InChI is InChI=1S/C14H23N3O3/c1-9-6-15-16(5)12(9)10-7-17(8-11(10)18)13(19)20-14(2,3)4/h6,10-11,18H,7-8H2,1-5H3. The molecule has 1 aliphatic rings. The maximum Gasteiger partial charge on any atom is 0.410 e. The van der Waals surface area contributed by atoms with E-state index in [0.717, 1.165) is 11.3 Å². The molecule has 2 heterocycles. The van der Waals surface area contributed by atoms with Crippen molar-refractivity contribution in [1.82, 2.24) is 14.7 Å². The normalized spacial score (nSPS) is 23.2. The van der Waals surface area contributed by atoms with Gasteiger partial charge in [0, 0.05) is 25.2 Å². The second kappa shape index (κ2) is 5.09. The van der Waals surface area contributed by atoms with E-state index < -0.39 is 11.7 Å². The molecule has 1 N–H and O–H groups in total. The number of β-amino-alcohol motifs (C(OH)–C–C–N with tert-alkyl or cyclic N) is 1. The van der Waals surface area contributed by atoms with Crippen molar-refractivity contribution in [3.63, 3.8) is 0 Å². The van der Waals surface area contributed by atoms with E-state index in [1.54, 1.807) is 15.8 Å². The molecule has 0 bridgehead atoms. The number of carbonyl (C=O) groups excluding carboxylic acids is 1. The molecule has 1 saturated heterocycles. The van der Waals surface area contributed by atoms with Gasteiger partial charge in [-0.15, -0.1) is 0 Å². The van der Waals surface area contributed by atoms with E-state index in [4.69, 9.17) is 4.74 Å². The molecule has 1 aliphatic heterocycles. The third-order valence-electron chi connectivity index (χ3n) is 3.47. The summed E-state index contributed by atoms with van der Waals surface area (Å²) in [7, 11) is 1.85. The van der Waals surface area contributed by atoms with Crippen LogP contribution in [0.5, 0.6) is 0 Å². The Morgan fingerprint density at radius 2 is 2.10 bits per heavy atom. The number of likely N-dealkylation sites (tertiary alicyclic amines) is 1. The van der Waals surface area contributed by atoms with Crippen LogP contribution in [-0.2, 0) is 11.8 Å². The molecule has 0 spiro atoms. The summed E-state index contributed by atoms with van der Waals surface area (Å²) < 4.78 is 7.12. The molecule has 2 unspecified atom stereocenters. The molecule has 0 saturated carbocycles. The molecule has 1 aromatic heterocycles. The highest BCUT2D eigenvalue weighted by atomic mass is 16.6. The maximum atomic E-state index is 12.1. The molecule has 6 nitrogen and oxygen atoms in total. The van der Waals surface area contributed by atoms with Crippen molar-refractivity contribution in [3.8, 4) is 0 Å². The first-order chi connectivity index (χ1) is 9.19. The van der Waals surface area contributed by atoms with Crippen LogP contribution in [0.3, 0.4) is 0 Å². The number of amides is 1. The lowest BCUT2D eigenvalue weighted by molar-refractivity contribution is 0.0270. The van der Waals surface area contributed by atoms with Gasteiger partial charge in [-0.3, -0.25) is 4.68 Å². The summed E-state index contributed by atoms with van der Waals surface area (Å²) in [5.41, 5.74) is 1.48. The molecule has 2 rings (SSSR count). The van der Waals surface area contributed by atoms with E-state index in [0.29, 0.717) is 13.1 Å². The Labute approximate surface area is 119 Å². The monoisotopic (exact) mass is 281 g/mol. The number of hydrogen-bond acceptors (Lipinski definition) is 4. The minimum atomic E-state index is -0.586. The fourth-order valence-corrected chi connectivity index (χ4v) is 2.62. The molecule has 0 aromatic carbocycles. The van der Waals surface area contributed by atoms with Crippen LogP contribution in [0.15, 0.2) is 6.20 Å². The maximum absolute atomic E-state index is 12.1. The van der Waals surface area contributed by atoms with E-state index in [1.807, 2.05) is 34.7 Å². The minimum Gasteiger partial charge on any atom is -0.444 e. The first-order valence-electron chi connectivity index (χ1n) is 6.83. The van der Waals surface area contributed by atoms with Gasteiger partial charge < -0.3 is 14.7 Å². The van der Waals surface area contributed by atoms with E-state index >= 15 is 0 Å². The zero-order valence-electron chi connectivity index (χ0n) is 12.8. The lowest BCUT2D eigenvalue weighted by atomic mass is 9.99. The van der Waals surface area contributed by atoms with Gasteiger partial charge in [0.05, 0.1) is 18.8 Å². The van der Waals surface area contributed by atoms with Gasteiger partial charge in [-0.2, -0.15) is 5.10 Å². The molecule has 6 heteroatoms. The third kappa shape index (κ3) is 2.95. The van der Waals surface area contributed by atoms with E-state index in [2.05, 4.69) is 5.10 Å². The number of aryl methyl sites for hydroxylation is 2. The third-order valence-corrected chi connectivity index (χ3v) is 3.47. The van der Waals surface area contributed by atoms with Gasteiger partial charge >= 0.3 is 6.09 Å². The van der Waals surface area contributed by atoms with Crippen molar-refractivity contribution >= 4 is 6.09 Å². The minimum absolute atomic E-state index is 0.116. The summed E-state index contributed by atoms with van der Waals surface area (Å²) in [5.74, 6) is -0.116. The van der Waals surface area contributed by atoms with Gasteiger partial charge in [-0.25, -0.2) is 4.79 Å². The average Bonchev–Trinajstić information content (AvgIpc) is 2.81. The number of nitrogens with zero attached hydrogens (tertiary/aromatic N) is 3. The first-order valence-corrected chi connectivity index (χ1v) is 6.83. The zero-order chi connectivity index (χ0) is 15.1. The second-order valence-electron chi connectivity index (χ2n) is 6.40. The number of carbonyl (C=O) groups is 1. The van der Waals surface area contributed by atoms with Crippen LogP contribution < -0.4 is 0 Å². The quantitative estimate of drug-likeness (QED) is 0.845. The SMILES string of the molecule is Cc1cnn(C)c1C1CN(C(=O)OC(C)(C)C)CC1O. The van der Waals surface area contributed by atoms with Crippen molar-refractivity contribution in [2.75, 3.05) is 13.1 Å². The van der Waals surface area contributed by atoms with Crippen molar-refractivity contribution in [1.29, 1.82) is 0 Å². The second-order valence-corrected chi connectivity index (χ2v) is 6.40. The van der Waals surface area contributed by atoms with Crippen molar-refractivity contribution in [2.24, 2.45) is 7.05 Å². The Hall–Kier alpha value is -1.56. The zero-order valence-corrected chi connectivity index (χ0v) is 12.8. The molecule has 20 heavy (non-hydrogen) atoms. The highest BCUT2D eigenvalue weighted by Crippen LogP contribution is 2.30. The van der Waals surface area contributed by atoms with E-state index in [1.165, 1.54) is 0 Å². The largest absolute Gasteiger partial charge is 0.444 e. The van der Waals surface area contributed by atoms with E-state index in [-0.39, 0.29) is 12.0 Å². The molecule has 2 atom stereocenters. The van der Waals surface area contributed by atoms with Crippen LogP contribution in [0.1, 0.15) is 37.9 Å². The highest BCUT2D eigenvalue weighted by Gasteiger charge is 2.38. The summed E-state index contributed by atoms with van der Waals surface area (Å²) in [6.45, 7) is 8.21. The van der Waals surface area contributed by atoms with Crippen molar-refractivity contribution in [2.45, 2.75) is 45.3 Å². The van der Waals surface area contributed by atoms with Crippen LogP contribution in [0, 0.1) is 6.92 Å². The number of ether oxygens (including phenoxy) is 1. The Morgan fingerprint density at radius 1 is 1.45 bits per heavy atom. The molecular weight excluding hydrogens is 258 g/mol. The lowest BCUT2D eigenvalue weighted by Crippen LogP contribution is -2.35. The van der Waals surface area contributed by atoms with Crippen molar-refractivity contribution < 1.29 is 14.6 Å². The Kier molecular flexibility index (Phi) is 3.77. The van der Waals surface area contributed by atoms with Crippen LogP contribution in [0.25, 0.3) is 0 Å². The van der Waals surface area contributed by atoms with Gasteiger partial charge in [0.2, 0.25) is 0 Å². The molecular formula is C14H23N3O3. The summed E-state index contributed by atoms with van der Waals surface area (Å²) in [4.78, 5) is 13.6. The molecule has 1 fully saturated rings. The smallest absolute Gasteiger partial charge is 0.410 e. The van der Waals surface area contributed by atoms with Crippen LogP contribution >= 0.6 is 0 Å². The predicted octanol–water partition coefficient (Wildman–Crippen LogP) is 1.42. The average molecular weight is 281 g/mol. The van der Waals surface area contributed by atoms with E-state index in [9.17, 15) is 9.90 Å². The first kappa shape index (κ1) is 14.8. The summed E-state index contributed by atoms with van der Waals surface area (Å²) in [5, 5.41) is 14.4. The Morgan fingerprint density at radius 3 is 2.60 bits per heavy atom. The van der Waals surface area contributed by atoms with Crippen LogP contribution in [-0.4, -0.2) is 50.7 Å². The fourth-order valence-electron chi connectivity index (χ4n) is 2.62. The molecule has 0 aliphatic carbocycles. The number of hydrogen-bond donors (Lipinski definition) is 1. The van der Waals surface area contributed by atoms with Gasteiger partial charge in [-0.1, -0.05) is 0 Å². The van der Waals surface area contributed by atoms with Gasteiger partial charge in [0.1, 0.15) is 5.60 Å². The van der Waals surface area contributed by atoms with Crippen LogP contribution in [0.4, 0.5) is 4.79 Å². The topological polar surface area (TPSA) is 67.6 Å². The summed E-state index contributed by atoms with van der Waals surface area (Å²) in [6, 6.07) is 0. The fraction of sp³-hybridized carbons (Fsp3) is 0.714. The highest BCUT2D eigenvalue weighted by molar-refractivity contribution is 5.68. The molecule has 1 aromatic rings. The number of aliphatic hydroxyl groups is 1.